The average Bonchev–Trinajstić information content (AvgIpc) is 2.97. The number of aliphatic hydroxyl groups excluding tert-OH is 1. The van der Waals surface area contributed by atoms with Gasteiger partial charge in [0.25, 0.3) is 0 Å². The number of hydrogen-bond donors (Lipinski definition) is 3. The number of phosphoric ester groups is 2. The molecule has 0 aliphatic heterocycles. The van der Waals surface area contributed by atoms with Crippen molar-refractivity contribution in [2.45, 2.75) is 400 Å². The first-order chi connectivity index (χ1) is 44.5. The van der Waals surface area contributed by atoms with E-state index in [1.54, 1.807) is 0 Å². The Morgan fingerprint density at radius 2 is 0.500 bits per heavy atom. The van der Waals surface area contributed by atoms with E-state index in [1.165, 1.54) is 199 Å². The van der Waals surface area contributed by atoms with E-state index >= 15 is 0 Å². The third kappa shape index (κ3) is 66.7. The molecule has 19 heteroatoms. The molecule has 3 N–H and O–H groups in total. The van der Waals surface area contributed by atoms with Gasteiger partial charge in [-0.2, -0.15) is 0 Å². The summed E-state index contributed by atoms with van der Waals surface area (Å²) in [6, 6.07) is 0. The number of rotatable bonds is 73. The predicted octanol–water partition coefficient (Wildman–Crippen LogP) is 21.3. The smallest absolute Gasteiger partial charge is 0.462 e. The summed E-state index contributed by atoms with van der Waals surface area (Å²) in [7, 11) is -9.89. The number of ether oxygens (including phenoxy) is 4. The molecular weight excluding hydrogens is 1210 g/mol. The van der Waals surface area contributed by atoms with Crippen LogP contribution < -0.4 is 0 Å². The zero-order valence-corrected chi connectivity index (χ0v) is 61.5. The molecule has 0 spiro atoms. The second-order valence-corrected chi connectivity index (χ2v) is 29.7. The summed E-state index contributed by atoms with van der Waals surface area (Å²) in [5.74, 6) is -1.33. The van der Waals surface area contributed by atoms with Crippen LogP contribution in [0.15, 0.2) is 0 Å². The Hall–Kier alpha value is -1.94. The predicted molar refractivity (Wildman–Crippen MR) is 372 cm³/mol. The topological polar surface area (TPSA) is 237 Å². The van der Waals surface area contributed by atoms with Gasteiger partial charge < -0.3 is 33.8 Å². The van der Waals surface area contributed by atoms with Gasteiger partial charge in [-0.15, -0.1) is 0 Å². The summed E-state index contributed by atoms with van der Waals surface area (Å²) in [4.78, 5) is 72.3. The van der Waals surface area contributed by atoms with Crippen molar-refractivity contribution in [2.75, 3.05) is 39.6 Å². The van der Waals surface area contributed by atoms with Gasteiger partial charge in [0, 0.05) is 25.7 Å². The van der Waals surface area contributed by atoms with E-state index in [-0.39, 0.29) is 25.7 Å². The van der Waals surface area contributed by atoms with Gasteiger partial charge in [-0.1, -0.05) is 330 Å². The second-order valence-electron chi connectivity index (χ2n) is 26.8. The molecule has 0 aliphatic carbocycles. The first kappa shape index (κ1) is 90.1. The Labute approximate surface area is 562 Å². The minimum Gasteiger partial charge on any atom is -0.462 e. The SMILES string of the molecule is CCCCCCCCCCCCCCCCCCCCCCC(=O)O[C@H](COC(=O)CCCCCCCCCCCCCCCCC(C)C)COP(=O)(O)OC[C@@H](O)COP(=O)(O)OC[C@@H](COC(=O)CCCCCCC)OC(=O)CCCCCCCCCCCC. The molecular formula is C73H142O17P2. The highest BCUT2D eigenvalue weighted by Crippen LogP contribution is 2.45. The van der Waals surface area contributed by atoms with Crippen LogP contribution in [0.4, 0.5) is 0 Å². The Morgan fingerprint density at radius 3 is 0.739 bits per heavy atom. The van der Waals surface area contributed by atoms with E-state index in [1.807, 2.05) is 0 Å². The fraction of sp³-hybridized carbons (Fsp3) is 0.945. The molecule has 0 saturated heterocycles. The summed E-state index contributed by atoms with van der Waals surface area (Å²) >= 11 is 0. The first-order valence-corrected chi connectivity index (χ1v) is 41.1. The lowest BCUT2D eigenvalue weighted by molar-refractivity contribution is -0.161. The van der Waals surface area contributed by atoms with Crippen LogP contribution in [-0.2, 0) is 65.4 Å². The lowest BCUT2D eigenvalue weighted by Crippen LogP contribution is -2.30. The van der Waals surface area contributed by atoms with Gasteiger partial charge in [0.1, 0.15) is 19.3 Å². The van der Waals surface area contributed by atoms with Crippen molar-refractivity contribution in [3.63, 3.8) is 0 Å². The number of phosphoric acid groups is 2. The fourth-order valence-corrected chi connectivity index (χ4v) is 12.8. The van der Waals surface area contributed by atoms with Crippen LogP contribution in [0.5, 0.6) is 0 Å². The number of aliphatic hydroxyl groups is 1. The van der Waals surface area contributed by atoms with Gasteiger partial charge in [0.05, 0.1) is 26.4 Å². The molecule has 546 valence electrons. The van der Waals surface area contributed by atoms with Crippen molar-refractivity contribution in [1.82, 2.24) is 0 Å². The largest absolute Gasteiger partial charge is 0.472 e. The van der Waals surface area contributed by atoms with Gasteiger partial charge in [-0.3, -0.25) is 37.3 Å². The van der Waals surface area contributed by atoms with Crippen LogP contribution >= 0.6 is 15.6 Å². The monoisotopic (exact) mass is 1350 g/mol. The third-order valence-electron chi connectivity index (χ3n) is 17.0. The number of hydrogen-bond acceptors (Lipinski definition) is 15. The minimum atomic E-state index is -4.95. The second kappa shape index (κ2) is 66.3. The molecule has 0 heterocycles. The molecule has 2 unspecified atom stereocenters. The van der Waals surface area contributed by atoms with Gasteiger partial charge in [-0.05, 0) is 31.6 Å². The molecule has 0 rings (SSSR count). The van der Waals surface area contributed by atoms with Crippen LogP contribution in [0, 0.1) is 5.92 Å². The van der Waals surface area contributed by atoms with Crippen molar-refractivity contribution < 1.29 is 80.2 Å². The molecule has 0 fully saturated rings. The standard InChI is InChI=1S/C73H142O17P2/c1-6-9-12-15-17-19-21-22-23-24-25-26-27-28-33-36-40-44-49-54-59-73(78)90-69(63-84-71(76)57-52-47-42-39-35-32-30-29-31-34-37-41-46-50-55-66(4)5)65-88-92(81,82)86-61-67(74)60-85-91(79,80)87-64-68(62-83-70(75)56-51-45-14-11-8-3)89-72(77)58-53-48-43-38-20-18-16-13-10-7-2/h66-69,74H,6-65H2,1-5H3,(H,79,80)(H,81,82)/t67-,68+,69+/m0/s1. The van der Waals surface area contributed by atoms with Crippen molar-refractivity contribution in [2.24, 2.45) is 5.92 Å². The highest BCUT2D eigenvalue weighted by Gasteiger charge is 2.30. The number of esters is 4. The summed E-state index contributed by atoms with van der Waals surface area (Å²) in [6.45, 7) is 7.19. The summed E-state index contributed by atoms with van der Waals surface area (Å²) in [5, 5.41) is 10.6. The maximum absolute atomic E-state index is 13.1. The van der Waals surface area contributed by atoms with E-state index in [0.29, 0.717) is 25.7 Å². The molecule has 0 amide bonds. The Balaban J connectivity index is 5.12. The van der Waals surface area contributed by atoms with Crippen molar-refractivity contribution in [3.05, 3.63) is 0 Å². The molecule has 17 nitrogen and oxygen atoms in total. The first-order valence-electron chi connectivity index (χ1n) is 38.1. The summed E-state index contributed by atoms with van der Waals surface area (Å²) in [5.41, 5.74) is 0. The zero-order chi connectivity index (χ0) is 67.7. The van der Waals surface area contributed by atoms with Crippen molar-refractivity contribution >= 4 is 39.5 Å². The van der Waals surface area contributed by atoms with Gasteiger partial charge >= 0.3 is 39.5 Å². The molecule has 0 aromatic carbocycles. The molecule has 0 aliphatic rings. The van der Waals surface area contributed by atoms with Gasteiger partial charge in [0.2, 0.25) is 0 Å². The maximum atomic E-state index is 13.1. The lowest BCUT2D eigenvalue weighted by atomic mass is 10.0. The average molecular weight is 1350 g/mol. The minimum absolute atomic E-state index is 0.106. The Bertz CT molecular complexity index is 1770. The molecule has 0 bridgehead atoms. The van der Waals surface area contributed by atoms with Crippen molar-refractivity contribution in [1.29, 1.82) is 0 Å². The van der Waals surface area contributed by atoms with Gasteiger partial charge in [-0.25, -0.2) is 9.13 Å². The Kier molecular flexibility index (Phi) is 64.9. The zero-order valence-electron chi connectivity index (χ0n) is 59.7. The van der Waals surface area contributed by atoms with E-state index < -0.39 is 97.5 Å². The van der Waals surface area contributed by atoms with Crippen LogP contribution in [0.2, 0.25) is 0 Å². The fourth-order valence-electron chi connectivity index (χ4n) is 11.2. The summed E-state index contributed by atoms with van der Waals surface area (Å²) < 4.78 is 68.1. The Morgan fingerprint density at radius 1 is 0.293 bits per heavy atom. The number of carbonyl (C=O) groups excluding carboxylic acids is 4. The maximum Gasteiger partial charge on any atom is 0.472 e. The molecule has 0 aromatic rings. The van der Waals surface area contributed by atoms with Crippen LogP contribution in [0.3, 0.4) is 0 Å². The number of carbonyl (C=O) groups is 4. The lowest BCUT2D eigenvalue weighted by Gasteiger charge is -2.21. The quantitative estimate of drug-likeness (QED) is 0.0222. The van der Waals surface area contributed by atoms with Crippen LogP contribution in [-0.4, -0.2) is 96.7 Å². The van der Waals surface area contributed by atoms with Crippen LogP contribution in [0.25, 0.3) is 0 Å². The molecule has 0 saturated carbocycles. The van der Waals surface area contributed by atoms with E-state index in [9.17, 15) is 43.2 Å². The third-order valence-corrected chi connectivity index (χ3v) is 18.9. The van der Waals surface area contributed by atoms with E-state index in [2.05, 4.69) is 34.6 Å². The highest BCUT2D eigenvalue weighted by molar-refractivity contribution is 7.47. The highest BCUT2D eigenvalue weighted by atomic mass is 31.2. The summed E-state index contributed by atoms with van der Waals surface area (Å²) in [6.07, 6.45) is 54.6. The van der Waals surface area contributed by atoms with Crippen LogP contribution in [0.1, 0.15) is 381 Å². The van der Waals surface area contributed by atoms with Gasteiger partial charge in [0.15, 0.2) is 12.2 Å². The normalized spacial score (nSPS) is 14.0. The molecule has 0 radical (unpaired) electrons. The van der Waals surface area contributed by atoms with E-state index in [0.717, 1.165) is 102 Å². The molecule has 5 atom stereocenters. The molecule has 0 aromatic heterocycles. The van der Waals surface area contributed by atoms with Crippen molar-refractivity contribution in [3.8, 4) is 0 Å². The number of unbranched alkanes of at least 4 members (excludes halogenated alkanes) is 45. The molecule has 92 heavy (non-hydrogen) atoms. The van der Waals surface area contributed by atoms with E-state index in [4.69, 9.17) is 37.0 Å².